The van der Waals surface area contributed by atoms with Crippen LogP contribution in [0.2, 0.25) is 0 Å². The largest absolute Gasteiger partial charge is 0.305 e. The van der Waals surface area contributed by atoms with E-state index in [1.54, 1.807) is 17.5 Å². The van der Waals surface area contributed by atoms with E-state index < -0.39 is 0 Å². The van der Waals surface area contributed by atoms with Crippen LogP contribution >= 0.6 is 11.5 Å². The molecule has 78 valence electrons. The van der Waals surface area contributed by atoms with Crippen molar-refractivity contribution < 1.29 is 0 Å². The average molecular weight is 230 g/mol. The van der Waals surface area contributed by atoms with Gasteiger partial charge in [-0.1, -0.05) is 16.6 Å². The molecule has 0 radical (unpaired) electrons. The van der Waals surface area contributed by atoms with Gasteiger partial charge in [-0.2, -0.15) is 0 Å². The molecule has 0 fully saturated rings. The molecule has 0 amide bonds. The summed E-state index contributed by atoms with van der Waals surface area (Å²) >= 11 is 1.22. The van der Waals surface area contributed by atoms with Gasteiger partial charge >= 0.3 is 0 Å². The zero-order chi connectivity index (χ0) is 11.0. The van der Waals surface area contributed by atoms with Crippen molar-refractivity contribution in [2.45, 2.75) is 0 Å². The number of rotatable bonds is 1. The molecule has 0 bridgehead atoms. The number of benzene rings is 1. The van der Waals surface area contributed by atoms with Gasteiger partial charge in [0.05, 0.1) is 10.9 Å². The van der Waals surface area contributed by atoms with Crippen LogP contribution in [0.4, 0.5) is 0 Å². The molecule has 0 aliphatic heterocycles. The molecule has 0 aliphatic carbocycles. The molecule has 2 heterocycles. The Hall–Kier alpha value is -2.08. The van der Waals surface area contributed by atoms with Crippen molar-refractivity contribution in [3.63, 3.8) is 0 Å². The Morgan fingerprint density at radius 3 is 2.94 bits per heavy atom. The summed E-state index contributed by atoms with van der Waals surface area (Å²) in [6.45, 7) is 0. The Labute approximate surface area is 94.0 Å². The molecule has 16 heavy (non-hydrogen) atoms. The van der Waals surface area contributed by atoms with E-state index in [0.717, 1.165) is 0 Å². The molecule has 5 nitrogen and oxygen atoms in total. The maximum absolute atomic E-state index is 11.8. The summed E-state index contributed by atoms with van der Waals surface area (Å²) in [5, 5.41) is 6.19. The number of fused-ring (bicyclic) bond motifs is 1. The monoisotopic (exact) mass is 230 g/mol. The zero-order valence-electron chi connectivity index (χ0n) is 8.04. The van der Waals surface area contributed by atoms with Crippen LogP contribution in [0.25, 0.3) is 22.4 Å². The van der Waals surface area contributed by atoms with E-state index in [1.807, 2.05) is 12.1 Å². The van der Waals surface area contributed by atoms with Crippen LogP contribution in [-0.4, -0.2) is 19.6 Å². The standard InChI is InChI=1S/C10H6N4OS/c15-10-6-3-1-2-4-7(6)11-9(12-10)8-5-16-14-13-8/h1-5H,(H,11,12,15). The molecule has 0 unspecified atom stereocenters. The number of aromatic nitrogens is 4. The highest BCUT2D eigenvalue weighted by molar-refractivity contribution is 7.03. The maximum Gasteiger partial charge on any atom is 0.259 e. The predicted octanol–water partition coefficient (Wildman–Crippen LogP) is 1.44. The number of H-pyrrole nitrogens is 1. The number of nitrogens with one attached hydrogen (secondary N) is 1. The van der Waals surface area contributed by atoms with Crippen molar-refractivity contribution in [2.24, 2.45) is 0 Å². The number of nitrogens with zero attached hydrogens (tertiary/aromatic N) is 3. The lowest BCUT2D eigenvalue weighted by molar-refractivity contribution is 1.10. The van der Waals surface area contributed by atoms with Gasteiger partial charge in [-0.15, -0.1) is 5.10 Å². The van der Waals surface area contributed by atoms with Gasteiger partial charge in [0.25, 0.3) is 5.56 Å². The summed E-state index contributed by atoms with van der Waals surface area (Å²) in [6, 6.07) is 7.19. The molecule has 6 heteroatoms. The molecule has 0 aliphatic rings. The first-order valence-corrected chi connectivity index (χ1v) is 5.45. The lowest BCUT2D eigenvalue weighted by Gasteiger charge is -1.98. The predicted molar refractivity (Wildman–Crippen MR) is 61.3 cm³/mol. The highest BCUT2D eigenvalue weighted by Crippen LogP contribution is 2.14. The minimum atomic E-state index is -0.159. The van der Waals surface area contributed by atoms with Crippen LogP contribution in [0, 0.1) is 0 Å². The molecule has 2 aromatic heterocycles. The van der Waals surface area contributed by atoms with E-state index in [4.69, 9.17) is 0 Å². The Bertz CT molecular complexity index is 689. The fraction of sp³-hybridized carbons (Fsp3) is 0. The first-order chi connectivity index (χ1) is 7.84. The number of para-hydroxylation sites is 1. The van der Waals surface area contributed by atoms with Crippen molar-refractivity contribution in [1.29, 1.82) is 0 Å². The zero-order valence-corrected chi connectivity index (χ0v) is 8.86. The topological polar surface area (TPSA) is 71.5 Å². The third-order valence-electron chi connectivity index (χ3n) is 2.22. The first-order valence-electron chi connectivity index (χ1n) is 4.61. The lowest BCUT2D eigenvalue weighted by Crippen LogP contribution is -2.09. The van der Waals surface area contributed by atoms with Gasteiger partial charge < -0.3 is 4.98 Å². The fourth-order valence-corrected chi connectivity index (χ4v) is 1.92. The van der Waals surface area contributed by atoms with E-state index >= 15 is 0 Å². The van der Waals surface area contributed by atoms with Crippen LogP contribution in [0.3, 0.4) is 0 Å². The summed E-state index contributed by atoms with van der Waals surface area (Å²) in [7, 11) is 0. The molecule has 0 saturated heterocycles. The van der Waals surface area contributed by atoms with E-state index in [-0.39, 0.29) is 5.56 Å². The average Bonchev–Trinajstić information content (AvgIpc) is 2.82. The van der Waals surface area contributed by atoms with Gasteiger partial charge in [0.1, 0.15) is 5.69 Å². The van der Waals surface area contributed by atoms with E-state index in [0.29, 0.717) is 22.4 Å². The molecular weight excluding hydrogens is 224 g/mol. The normalized spacial score (nSPS) is 10.8. The molecule has 3 aromatic rings. The summed E-state index contributed by atoms with van der Waals surface area (Å²) in [5.74, 6) is 0.456. The van der Waals surface area contributed by atoms with Crippen LogP contribution in [0.5, 0.6) is 0 Å². The highest BCUT2D eigenvalue weighted by atomic mass is 32.1. The Kier molecular flexibility index (Phi) is 2.00. The Balaban J connectivity index is 2.34. The third-order valence-corrected chi connectivity index (χ3v) is 2.72. The minimum Gasteiger partial charge on any atom is -0.305 e. The SMILES string of the molecule is O=c1[nH]c(-c2csnn2)nc2ccccc12. The van der Waals surface area contributed by atoms with Crippen molar-refractivity contribution in [3.05, 3.63) is 40.0 Å². The first kappa shape index (κ1) is 9.17. The second-order valence-corrected chi connectivity index (χ2v) is 3.83. The molecular formula is C10H6N4OS. The van der Waals surface area contributed by atoms with Crippen LogP contribution in [0.1, 0.15) is 0 Å². The van der Waals surface area contributed by atoms with Crippen molar-refractivity contribution in [2.75, 3.05) is 0 Å². The number of hydrogen-bond acceptors (Lipinski definition) is 5. The van der Waals surface area contributed by atoms with Gasteiger partial charge in [-0.25, -0.2) is 4.98 Å². The second kappa shape index (κ2) is 3.49. The van der Waals surface area contributed by atoms with E-state index in [2.05, 4.69) is 19.6 Å². The summed E-state index contributed by atoms with van der Waals surface area (Å²) in [6.07, 6.45) is 0. The highest BCUT2D eigenvalue weighted by Gasteiger charge is 2.06. The smallest absolute Gasteiger partial charge is 0.259 e. The minimum absolute atomic E-state index is 0.159. The Morgan fingerprint density at radius 1 is 1.25 bits per heavy atom. The second-order valence-electron chi connectivity index (χ2n) is 3.22. The van der Waals surface area contributed by atoms with Gasteiger partial charge in [0.2, 0.25) is 0 Å². The van der Waals surface area contributed by atoms with Crippen molar-refractivity contribution in [1.82, 2.24) is 19.6 Å². The van der Waals surface area contributed by atoms with Crippen molar-refractivity contribution in [3.8, 4) is 11.5 Å². The van der Waals surface area contributed by atoms with Crippen molar-refractivity contribution >= 4 is 22.4 Å². The quantitative estimate of drug-likeness (QED) is 0.686. The molecule has 1 N–H and O–H groups in total. The third kappa shape index (κ3) is 1.40. The molecule has 3 rings (SSSR count). The van der Waals surface area contributed by atoms with Gasteiger partial charge in [-0.3, -0.25) is 4.79 Å². The Morgan fingerprint density at radius 2 is 2.12 bits per heavy atom. The number of hydrogen-bond donors (Lipinski definition) is 1. The van der Waals surface area contributed by atoms with Crippen LogP contribution in [-0.2, 0) is 0 Å². The summed E-state index contributed by atoms with van der Waals surface area (Å²) < 4.78 is 3.74. The number of aromatic amines is 1. The maximum atomic E-state index is 11.8. The van der Waals surface area contributed by atoms with E-state index in [1.165, 1.54) is 11.5 Å². The fourth-order valence-electron chi connectivity index (χ4n) is 1.48. The lowest BCUT2D eigenvalue weighted by atomic mass is 10.2. The molecule has 0 saturated carbocycles. The van der Waals surface area contributed by atoms with Crippen LogP contribution in [0.15, 0.2) is 34.4 Å². The summed E-state index contributed by atoms with van der Waals surface area (Å²) in [4.78, 5) is 18.8. The summed E-state index contributed by atoms with van der Waals surface area (Å²) in [5.41, 5.74) is 1.09. The van der Waals surface area contributed by atoms with Gasteiger partial charge in [0.15, 0.2) is 5.82 Å². The van der Waals surface area contributed by atoms with E-state index in [9.17, 15) is 4.79 Å². The van der Waals surface area contributed by atoms with Gasteiger partial charge in [-0.05, 0) is 23.7 Å². The molecule has 0 atom stereocenters. The van der Waals surface area contributed by atoms with Crippen LogP contribution < -0.4 is 5.56 Å². The molecule has 0 spiro atoms. The molecule has 1 aromatic carbocycles. The van der Waals surface area contributed by atoms with Gasteiger partial charge in [0, 0.05) is 5.38 Å².